The Morgan fingerprint density at radius 3 is 2.53 bits per heavy atom. The van der Waals surface area contributed by atoms with Crippen LogP contribution in [0.2, 0.25) is 5.02 Å². The first kappa shape index (κ1) is 12.0. The smallest absolute Gasteiger partial charge is 0.265 e. The van der Waals surface area contributed by atoms with Gasteiger partial charge in [0.2, 0.25) is 0 Å². The molecule has 2 N–H and O–H groups in total. The zero-order chi connectivity index (χ0) is 11.5. The molecule has 0 atom stereocenters. The molecule has 0 aliphatic heterocycles. The summed E-state index contributed by atoms with van der Waals surface area (Å²) < 4.78 is 0. The molecule has 3 nitrogen and oxygen atoms in total. The van der Waals surface area contributed by atoms with Gasteiger partial charge in [0.15, 0.2) is 0 Å². The first-order valence-corrected chi connectivity index (χ1v) is 5.09. The molecule has 1 aromatic rings. The van der Waals surface area contributed by atoms with E-state index in [-0.39, 0.29) is 11.4 Å². The number of benzene rings is 1. The Morgan fingerprint density at radius 1 is 1.33 bits per heavy atom. The van der Waals surface area contributed by atoms with E-state index in [1.807, 2.05) is 20.8 Å². The lowest BCUT2D eigenvalue weighted by Gasteiger charge is -2.20. The van der Waals surface area contributed by atoms with Crippen LogP contribution in [0.4, 0.5) is 0 Å². The lowest BCUT2D eigenvalue weighted by molar-refractivity contribution is 0.0914. The molecular weight excluding hydrogens is 212 g/mol. The van der Waals surface area contributed by atoms with Gasteiger partial charge in [0, 0.05) is 16.1 Å². The summed E-state index contributed by atoms with van der Waals surface area (Å²) in [6.07, 6.45) is 0. The summed E-state index contributed by atoms with van der Waals surface area (Å²) in [6, 6.07) is 6.82. The Balaban J connectivity index is 2.62. The van der Waals surface area contributed by atoms with Gasteiger partial charge in [0.05, 0.1) is 0 Å². The topological polar surface area (TPSA) is 41.1 Å². The molecule has 0 saturated carbocycles. The maximum absolute atomic E-state index is 11.6. The monoisotopic (exact) mass is 226 g/mol. The standard InChI is InChI=1S/C11H15ClN2O/c1-11(2,3)14-13-10(15)8-5-4-6-9(12)7-8/h4-7,14H,1-3H3,(H,13,15). The fraction of sp³-hybridized carbons (Fsp3) is 0.364. The van der Waals surface area contributed by atoms with Crippen LogP contribution in [0, 0.1) is 0 Å². The average Bonchev–Trinajstić information content (AvgIpc) is 2.13. The molecule has 0 heterocycles. The summed E-state index contributed by atoms with van der Waals surface area (Å²) in [4.78, 5) is 11.6. The minimum absolute atomic E-state index is 0.158. The Bertz CT molecular complexity index is 358. The third kappa shape index (κ3) is 4.32. The highest BCUT2D eigenvalue weighted by molar-refractivity contribution is 6.30. The molecule has 0 aromatic heterocycles. The molecule has 4 heteroatoms. The molecular formula is C11H15ClN2O. The third-order valence-electron chi connectivity index (χ3n) is 1.64. The SMILES string of the molecule is CC(C)(C)NNC(=O)c1cccc(Cl)c1. The van der Waals surface area contributed by atoms with Gasteiger partial charge >= 0.3 is 0 Å². The highest BCUT2D eigenvalue weighted by Crippen LogP contribution is 2.10. The van der Waals surface area contributed by atoms with Crippen molar-refractivity contribution >= 4 is 17.5 Å². The van der Waals surface area contributed by atoms with Crippen molar-refractivity contribution < 1.29 is 4.79 Å². The van der Waals surface area contributed by atoms with Crippen molar-refractivity contribution in [1.82, 2.24) is 10.9 Å². The Labute approximate surface area is 94.8 Å². The molecule has 0 aliphatic carbocycles. The van der Waals surface area contributed by atoms with Crippen molar-refractivity contribution in [2.75, 3.05) is 0 Å². The number of nitrogens with one attached hydrogen (secondary N) is 2. The molecule has 82 valence electrons. The number of halogens is 1. The summed E-state index contributed by atoms with van der Waals surface area (Å²) in [5, 5.41) is 0.554. The number of amides is 1. The molecule has 0 saturated heterocycles. The fourth-order valence-corrected chi connectivity index (χ4v) is 1.14. The van der Waals surface area contributed by atoms with Gasteiger partial charge in [-0.05, 0) is 39.0 Å². The first-order valence-electron chi connectivity index (χ1n) is 4.71. The molecule has 0 radical (unpaired) electrons. The largest absolute Gasteiger partial charge is 0.287 e. The van der Waals surface area contributed by atoms with Crippen LogP contribution in [-0.4, -0.2) is 11.4 Å². The van der Waals surface area contributed by atoms with Gasteiger partial charge in [0.1, 0.15) is 0 Å². The number of carbonyl (C=O) groups is 1. The van der Waals surface area contributed by atoms with E-state index in [0.29, 0.717) is 10.6 Å². The zero-order valence-corrected chi connectivity index (χ0v) is 9.85. The molecule has 0 bridgehead atoms. The molecule has 1 rings (SSSR count). The van der Waals surface area contributed by atoms with Crippen LogP contribution in [0.1, 0.15) is 31.1 Å². The summed E-state index contributed by atoms with van der Waals surface area (Å²) >= 11 is 5.78. The second-order valence-corrected chi connectivity index (χ2v) is 4.78. The highest BCUT2D eigenvalue weighted by Gasteiger charge is 2.11. The minimum atomic E-state index is -0.188. The Kier molecular flexibility index (Phi) is 3.72. The molecule has 15 heavy (non-hydrogen) atoms. The molecule has 1 amide bonds. The quantitative estimate of drug-likeness (QED) is 0.761. The Hall–Kier alpha value is -1.06. The highest BCUT2D eigenvalue weighted by atomic mass is 35.5. The van der Waals surface area contributed by atoms with E-state index >= 15 is 0 Å². The predicted octanol–water partition coefficient (Wildman–Crippen LogP) is 2.37. The summed E-state index contributed by atoms with van der Waals surface area (Å²) in [7, 11) is 0. The van der Waals surface area contributed by atoms with E-state index in [2.05, 4.69) is 10.9 Å². The van der Waals surface area contributed by atoms with E-state index in [0.717, 1.165) is 0 Å². The predicted molar refractivity (Wildman–Crippen MR) is 61.8 cm³/mol. The van der Waals surface area contributed by atoms with Crippen LogP contribution in [0.5, 0.6) is 0 Å². The van der Waals surface area contributed by atoms with Crippen LogP contribution >= 0.6 is 11.6 Å². The van der Waals surface area contributed by atoms with E-state index in [9.17, 15) is 4.79 Å². The first-order chi connectivity index (χ1) is 6.88. The molecule has 0 fully saturated rings. The van der Waals surface area contributed by atoms with Crippen LogP contribution in [0.3, 0.4) is 0 Å². The fourth-order valence-electron chi connectivity index (χ4n) is 0.946. The van der Waals surface area contributed by atoms with Crippen molar-refractivity contribution in [2.24, 2.45) is 0 Å². The third-order valence-corrected chi connectivity index (χ3v) is 1.87. The van der Waals surface area contributed by atoms with E-state index < -0.39 is 0 Å². The number of hydrazine groups is 1. The lowest BCUT2D eigenvalue weighted by Crippen LogP contribution is -2.48. The Morgan fingerprint density at radius 2 is 2.00 bits per heavy atom. The molecule has 0 aliphatic rings. The number of carbonyl (C=O) groups excluding carboxylic acids is 1. The van der Waals surface area contributed by atoms with Gasteiger partial charge in [0.25, 0.3) is 5.91 Å². The second-order valence-electron chi connectivity index (χ2n) is 4.34. The van der Waals surface area contributed by atoms with E-state index in [1.165, 1.54) is 0 Å². The second kappa shape index (κ2) is 4.64. The normalized spacial score (nSPS) is 11.2. The molecule has 0 spiro atoms. The van der Waals surface area contributed by atoms with Crippen molar-refractivity contribution in [3.63, 3.8) is 0 Å². The van der Waals surface area contributed by atoms with Crippen LogP contribution < -0.4 is 10.9 Å². The molecule has 1 aromatic carbocycles. The van der Waals surface area contributed by atoms with Crippen LogP contribution in [0.25, 0.3) is 0 Å². The average molecular weight is 227 g/mol. The van der Waals surface area contributed by atoms with Crippen LogP contribution in [0.15, 0.2) is 24.3 Å². The zero-order valence-electron chi connectivity index (χ0n) is 9.10. The summed E-state index contributed by atoms with van der Waals surface area (Å²) in [5.41, 5.74) is 5.90. The van der Waals surface area contributed by atoms with Crippen molar-refractivity contribution in [3.8, 4) is 0 Å². The maximum Gasteiger partial charge on any atom is 0.265 e. The van der Waals surface area contributed by atoms with E-state index in [4.69, 9.17) is 11.6 Å². The van der Waals surface area contributed by atoms with Crippen molar-refractivity contribution in [1.29, 1.82) is 0 Å². The minimum Gasteiger partial charge on any atom is -0.287 e. The van der Waals surface area contributed by atoms with Gasteiger partial charge in [-0.2, -0.15) is 0 Å². The van der Waals surface area contributed by atoms with Gasteiger partial charge in [-0.3, -0.25) is 10.2 Å². The van der Waals surface area contributed by atoms with E-state index in [1.54, 1.807) is 24.3 Å². The van der Waals surface area contributed by atoms with Gasteiger partial charge in [-0.15, -0.1) is 0 Å². The summed E-state index contributed by atoms with van der Waals surface area (Å²) in [6.45, 7) is 5.89. The van der Waals surface area contributed by atoms with Gasteiger partial charge in [-0.1, -0.05) is 17.7 Å². The van der Waals surface area contributed by atoms with Gasteiger partial charge < -0.3 is 0 Å². The lowest BCUT2D eigenvalue weighted by atomic mass is 10.1. The van der Waals surface area contributed by atoms with Gasteiger partial charge in [-0.25, -0.2) is 5.43 Å². The van der Waals surface area contributed by atoms with Crippen molar-refractivity contribution in [3.05, 3.63) is 34.9 Å². The number of hydrogen-bond donors (Lipinski definition) is 2. The van der Waals surface area contributed by atoms with Crippen LogP contribution in [-0.2, 0) is 0 Å². The maximum atomic E-state index is 11.6. The summed E-state index contributed by atoms with van der Waals surface area (Å²) in [5.74, 6) is -0.188. The number of rotatable bonds is 2. The molecule has 0 unspecified atom stereocenters. The number of hydrogen-bond acceptors (Lipinski definition) is 2. The van der Waals surface area contributed by atoms with Crippen molar-refractivity contribution in [2.45, 2.75) is 26.3 Å².